The predicted octanol–water partition coefficient (Wildman–Crippen LogP) is 2.86. The van der Waals surface area contributed by atoms with Crippen LogP contribution in [-0.4, -0.2) is 35.3 Å². The van der Waals surface area contributed by atoms with Crippen molar-refractivity contribution < 1.29 is 4.42 Å². The average Bonchev–Trinajstić information content (AvgIpc) is 3.25. The van der Waals surface area contributed by atoms with E-state index in [1.807, 2.05) is 29.1 Å². The van der Waals surface area contributed by atoms with Gasteiger partial charge in [-0.05, 0) is 50.0 Å². The zero-order valence-corrected chi connectivity index (χ0v) is 13.5. The molecule has 3 rings (SSSR count). The molecule has 3 aromatic rings. The van der Waals surface area contributed by atoms with E-state index >= 15 is 0 Å². The molecule has 0 radical (unpaired) electrons. The summed E-state index contributed by atoms with van der Waals surface area (Å²) in [5.74, 6) is 0.983. The maximum atomic E-state index is 5.53. The summed E-state index contributed by atoms with van der Waals surface area (Å²) in [5, 5.41) is 7.74. The number of hydrogen-bond acceptors (Lipinski definition) is 4. The van der Waals surface area contributed by atoms with Gasteiger partial charge >= 0.3 is 0 Å². The molecule has 5 nitrogen and oxygen atoms in total. The molecular weight excluding hydrogens is 288 g/mol. The molecule has 0 fully saturated rings. The molecule has 0 amide bonds. The number of rotatable bonds is 7. The van der Waals surface area contributed by atoms with Gasteiger partial charge in [-0.15, -0.1) is 0 Å². The lowest BCUT2D eigenvalue weighted by Gasteiger charge is -2.22. The van der Waals surface area contributed by atoms with Gasteiger partial charge in [0.2, 0.25) is 0 Å². The molecular formula is C18H22N4O. The zero-order valence-electron chi connectivity index (χ0n) is 13.5. The van der Waals surface area contributed by atoms with E-state index in [9.17, 15) is 0 Å². The molecule has 1 aromatic carbocycles. The normalized spacial score (nSPS) is 12.7. The van der Waals surface area contributed by atoms with Crippen molar-refractivity contribution in [3.8, 4) is 5.69 Å². The highest BCUT2D eigenvalue weighted by Crippen LogP contribution is 2.17. The van der Waals surface area contributed by atoms with E-state index in [1.165, 1.54) is 5.56 Å². The Labute approximate surface area is 136 Å². The van der Waals surface area contributed by atoms with Crippen molar-refractivity contribution in [3.05, 3.63) is 72.4 Å². The first-order valence-corrected chi connectivity index (χ1v) is 7.73. The highest BCUT2D eigenvalue weighted by molar-refractivity contribution is 5.33. The molecule has 1 N–H and O–H groups in total. The molecule has 0 aliphatic heterocycles. The Morgan fingerprint density at radius 2 is 2.00 bits per heavy atom. The maximum Gasteiger partial charge on any atom is 0.122 e. The molecule has 0 saturated carbocycles. The Kier molecular flexibility index (Phi) is 4.90. The number of nitrogens with one attached hydrogen (secondary N) is 1. The van der Waals surface area contributed by atoms with Crippen LogP contribution in [0.5, 0.6) is 0 Å². The second kappa shape index (κ2) is 7.26. The Bertz CT molecular complexity index is 687. The predicted molar refractivity (Wildman–Crippen MR) is 90.4 cm³/mol. The third-order valence-electron chi connectivity index (χ3n) is 3.87. The highest BCUT2D eigenvalue weighted by Gasteiger charge is 2.16. The molecule has 0 bridgehead atoms. The highest BCUT2D eigenvalue weighted by atomic mass is 16.3. The van der Waals surface area contributed by atoms with Crippen molar-refractivity contribution in [2.75, 3.05) is 20.6 Å². The van der Waals surface area contributed by atoms with E-state index in [0.717, 1.165) is 24.5 Å². The van der Waals surface area contributed by atoms with E-state index in [-0.39, 0.29) is 6.04 Å². The van der Waals surface area contributed by atoms with E-state index < -0.39 is 0 Å². The van der Waals surface area contributed by atoms with E-state index in [2.05, 4.69) is 53.7 Å². The Morgan fingerprint density at radius 3 is 2.61 bits per heavy atom. The number of benzene rings is 1. The van der Waals surface area contributed by atoms with Crippen LogP contribution in [0.15, 0.2) is 65.5 Å². The number of furan rings is 1. The van der Waals surface area contributed by atoms with Crippen LogP contribution in [0.2, 0.25) is 0 Å². The first-order chi connectivity index (χ1) is 11.2. The lowest BCUT2D eigenvalue weighted by molar-refractivity contribution is 0.250. The summed E-state index contributed by atoms with van der Waals surface area (Å²) in [6.45, 7) is 1.66. The van der Waals surface area contributed by atoms with Gasteiger partial charge < -0.3 is 9.73 Å². The monoisotopic (exact) mass is 310 g/mol. The molecule has 0 saturated heterocycles. The van der Waals surface area contributed by atoms with Gasteiger partial charge in [-0.2, -0.15) is 5.10 Å². The molecule has 120 valence electrons. The van der Waals surface area contributed by atoms with E-state index in [1.54, 1.807) is 12.5 Å². The van der Waals surface area contributed by atoms with Crippen molar-refractivity contribution in [2.45, 2.75) is 12.6 Å². The van der Waals surface area contributed by atoms with Crippen molar-refractivity contribution in [2.24, 2.45) is 0 Å². The van der Waals surface area contributed by atoms with Gasteiger partial charge in [0, 0.05) is 25.5 Å². The van der Waals surface area contributed by atoms with Crippen molar-refractivity contribution >= 4 is 0 Å². The first-order valence-electron chi connectivity index (χ1n) is 7.73. The number of hydrogen-bond donors (Lipinski definition) is 1. The quantitative estimate of drug-likeness (QED) is 0.729. The summed E-state index contributed by atoms with van der Waals surface area (Å²) in [6, 6.07) is 14.5. The molecule has 5 heteroatoms. The van der Waals surface area contributed by atoms with E-state index in [0.29, 0.717) is 0 Å². The third kappa shape index (κ3) is 3.88. The largest absolute Gasteiger partial charge is 0.468 e. The first kappa shape index (κ1) is 15.5. The second-order valence-corrected chi connectivity index (χ2v) is 5.74. The molecule has 2 heterocycles. The van der Waals surface area contributed by atoms with Crippen molar-refractivity contribution in [3.63, 3.8) is 0 Å². The van der Waals surface area contributed by atoms with E-state index in [4.69, 9.17) is 4.42 Å². The van der Waals surface area contributed by atoms with Crippen molar-refractivity contribution in [1.82, 2.24) is 20.0 Å². The molecule has 0 aliphatic carbocycles. The third-order valence-corrected chi connectivity index (χ3v) is 3.87. The van der Waals surface area contributed by atoms with Crippen LogP contribution in [-0.2, 0) is 6.54 Å². The fourth-order valence-corrected chi connectivity index (χ4v) is 2.56. The molecule has 0 spiro atoms. The van der Waals surface area contributed by atoms with Crippen LogP contribution in [0.1, 0.15) is 17.4 Å². The molecule has 1 atom stereocenters. The number of likely N-dealkylation sites (N-methyl/N-ethyl adjacent to an activating group) is 1. The Hall–Kier alpha value is -2.37. The van der Waals surface area contributed by atoms with Crippen LogP contribution in [0, 0.1) is 0 Å². The number of nitrogens with zero attached hydrogens (tertiary/aromatic N) is 3. The summed E-state index contributed by atoms with van der Waals surface area (Å²) >= 11 is 0. The molecule has 23 heavy (non-hydrogen) atoms. The fourth-order valence-electron chi connectivity index (χ4n) is 2.56. The van der Waals surface area contributed by atoms with Crippen molar-refractivity contribution in [1.29, 1.82) is 0 Å². The van der Waals surface area contributed by atoms with Gasteiger partial charge in [-0.3, -0.25) is 4.90 Å². The summed E-state index contributed by atoms with van der Waals surface area (Å²) < 4.78 is 7.38. The van der Waals surface area contributed by atoms with Gasteiger partial charge in [0.05, 0.1) is 18.0 Å². The molecule has 2 aromatic heterocycles. The minimum Gasteiger partial charge on any atom is -0.468 e. The minimum absolute atomic E-state index is 0.230. The Morgan fingerprint density at radius 1 is 1.17 bits per heavy atom. The summed E-state index contributed by atoms with van der Waals surface area (Å²) in [4.78, 5) is 2.16. The lowest BCUT2D eigenvalue weighted by Crippen LogP contribution is -2.30. The summed E-state index contributed by atoms with van der Waals surface area (Å²) in [5.41, 5.74) is 2.32. The van der Waals surface area contributed by atoms with Gasteiger partial charge in [-0.25, -0.2) is 4.68 Å². The summed E-state index contributed by atoms with van der Waals surface area (Å²) in [7, 11) is 4.13. The Balaban J connectivity index is 1.56. The van der Waals surface area contributed by atoms with Crippen LogP contribution in [0.25, 0.3) is 5.69 Å². The smallest absolute Gasteiger partial charge is 0.122 e. The van der Waals surface area contributed by atoms with Crippen LogP contribution >= 0.6 is 0 Å². The van der Waals surface area contributed by atoms with Crippen LogP contribution in [0.4, 0.5) is 0 Å². The fraction of sp³-hybridized carbons (Fsp3) is 0.278. The van der Waals surface area contributed by atoms with Gasteiger partial charge in [0.25, 0.3) is 0 Å². The SMILES string of the molecule is CN(C)C(CNCc1ccc(-n2cccn2)cc1)c1ccco1. The van der Waals surface area contributed by atoms with Crippen LogP contribution in [0.3, 0.4) is 0 Å². The maximum absolute atomic E-state index is 5.53. The van der Waals surface area contributed by atoms with Gasteiger partial charge in [0.1, 0.15) is 5.76 Å². The zero-order chi connectivity index (χ0) is 16.1. The van der Waals surface area contributed by atoms with Gasteiger partial charge in [0.15, 0.2) is 0 Å². The standard InChI is InChI=1S/C18H22N4O/c1-21(2)17(18-5-3-12-23-18)14-19-13-15-6-8-16(9-7-15)22-11-4-10-20-22/h3-12,17,19H,13-14H2,1-2H3. The minimum atomic E-state index is 0.230. The summed E-state index contributed by atoms with van der Waals surface area (Å²) in [6.07, 6.45) is 5.45. The molecule has 0 aliphatic rings. The second-order valence-electron chi connectivity index (χ2n) is 5.74. The lowest BCUT2D eigenvalue weighted by atomic mass is 10.1. The average molecular weight is 310 g/mol. The molecule has 1 unspecified atom stereocenters. The topological polar surface area (TPSA) is 46.2 Å². The van der Waals surface area contributed by atoms with Gasteiger partial charge in [-0.1, -0.05) is 12.1 Å². The number of aromatic nitrogens is 2. The van der Waals surface area contributed by atoms with Crippen LogP contribution < -0.4 is 5.32 Å².